The summed E-state index contributed by atoms with van der Waals surface area (Å²) in [6.07, 6.45) is -16.6. The minimum absolute atomic E-state index is 0.188. The van der Waals surface area contributed by atoms with Crippen LogP contribution >= 0.6 is 34.8 Å². The molecule has 1 heterocycles. The van der Waals surface area contributed by atoms with Crippen LogP contribution in [0.2, 0.25) is 10.0 Å². The molecule has 0 radical (unpaired) electrons. The fraction of sp³-hybridized carbons (Fsp3) is 0.353. The zero-order valence-corrected chi connectivity index (χ0v) is 18.8. The first-order valence-electron chi connectivity index (χ1n) is 8.40. The quantitative estimate of drug-likeness (QED) is 0.178. The molecule has 0 aliphatic carbocycles. The van der Waals surface area contributed by atoms with Gasteiger partial charge in [-0.05, 0) is 12.1 Å². The Morgan fingerprint density at radius 3 is 1.82 bits per heavy atom. The SMILES string of the molecule is CN(C)/C=N\c1c(C(Cl)(C(F)(F)F)C(F)(F)F)c(C#N)nn1-c1c(Cl)cc(C(F)(F)F)cc1Cl. The van der Waals surface area contributed by atoms with Gasteiger partial charge in [-0.25, -0.2) is 9.67 Å². The second-order valence-electron chi connectivity index (χ2n) is 6.72. The van der Waals surface area contributed by atoms with E-state index in [9.17, 15) is 44.8 Å². The van der Waals surface area contributed by atoms with Gasteiger partial charge < -0.3 is 4.90 Å². The van der Waals surface area contributed by atoms with Gasteiger partial charge in [0.15, 0.2) is 11.5 Å². The summed E-state index contributed by atoms with van der Waals surface area (Å²) in [5, 5.41) is 10.9. The Labute approximate surface area is 199 Å². The standard InChI is InChI=1S/C17H9Cl3F9N5/c1-33(2)6-31-13-11(14(20,16(24,25)26)17(27,28)29)10(5-30)32-34(13)12-8(18)3-7(4-9(12)19)15(21,22)23/h3-4,6H,1-2H3/b31-6-. The molecule has 0 unspecified atom stereocenters. The van der Waals surface area contributed by atoms with E-state index in [-0.39, 0.29) is 4.68 Å². The number of nitrogens with zero attached hydrogens (tertiary/aromatic N) is 5. The minimum Gasteiger partial charge on any atom is -0.369 e. The molecule has 0 atom stereocenters. The molecular weight excluding hydrogens is 552 g/mol. The maximum absolute atomic E-state index is 13.7. The van der Waals surface area contributed by atoms with Crippen LogP contribution in [0.15, 0.2) is 17.1 Å². The number of aliphatic imine (C=N–C) groups is 1. The molecule has 34 heavy (non-hydrogen) atoms. The first-order chi connectivity index (χ1) is 15.3. The number of hydrogen-bond acceptors (Lipinski definition) is 3. The van der Waals surface area contributed by atoms with E-state index in [2.05, 4.69) is 10.1 Å². The summed E-state index contributed by atoms with van der Waals surface area (Å²) in [7, 11) is 2.60. The van der Waals surface area contributed by atoms with Gasteiger partial charge >= 0.3 is 18.5 Å². The number of aromatic nitrogens is 2. The van der Waals surface area contributed by atoms with Gasteiger partial charge in [-0.15, -0.1) is 0 Å². The maximum atomic E-state index is 13.7. The number of rotatable bonds is 4. The van der Waals surface area contributed by atoms with Crippen molar-refractivity contribution < 1.29 is 39.5 Å². The third-order valence-electron chi connectivity index (χ3n) is 4.06. The Balaban J connectivity index is 3.08. The molecule has 0 bridgehead atoms. The van der Waals surface area contributed by atoms with Crippen molar-refractivity contribution in [2.45, 2.75) is 23.4 Å². The Bertz CT molecular complexity index is 1120. The van der Waals surface area contributed by atoms with Gasteiger partial charge in [-0.1, -0.05) is 34.8 Å². The molecular formula is C17H9Cl3F9N5. The first-order valence-corrected chi connectivity index (χ1v) is 9.54. The molecule has 0 spiro atoms. The molecule has 0 N–H and O–H groups in total. The molecule has 2 aromatic rings. The van der Waals surface area contributed by atoms with Gasteiger partial charge in [0, 0.05) is 14.1 Å². The first kappa shape index (κ1) is 27.9. The number of benzene rings is 1. The van der Waals surface area contributed by atoms with E-state index >= 15 is 0 Å². The normalized spacial score (nSPS) is 13.4. The number of hydrogen-bond donors (Lipinski definition) is 0. The molecule has 0 aliphatic rings. The maximum Gasteiger partial charge on any atom is 0.420 e. The van der Waals surface area contributed by atoms with Crippen molar-refractivity contribution in [3.8, 4) is 11.8 Å². The van der Waals surface area contributed by atoms with Crippen LogP contribution in [-0.2, 0) is 11.1 Å². The summed E-state index contributed by atoms with van der Waals surface area (Å²) >= 11 is 16.8. The van der Waals surface area contributed by atoms with E-state index in [1.807, 2.05) is 0 Å². The molecule has 2 rings (SSSR count). The summed E-state index contributed by atoms with van der Waals surface area (Å²) in [6, 6.07) is 1.70. The van der Waals surface area contributed by atoms with Gasteiger partial charge in [-0.3, -0.25) is 0 Å². The van der Waals surface area contributed by atoms with Crippen molar-refractivity contribution in [1.29, 1.82) is 5.26 Å². The van der Waals surface area contributed by atoms with Crippen molar-refractivity contribution in [3.63, 3.8) is 0 Å². The molecule has 1 aromatic carbocycles. The topological polar surface area (TPSA) is 57.2 Å². The monoisotopic (exact) mass is 559 g/mol. The average Bonchev–Trinajstić information content (AvgIpc) is 3.00. The Morgan fingerprint density at radius 2 is 1.47 bits per heavy atom. The molecule has 1 aromatic heterocycles. The highest BCUT2D eigenvalue weighted by atomic mass is 35.5. The molecule has 0 amide bonds. The zero-order valence-electron chi connectivity index (χ0n) is 16.5. The van der Waals surface area contributed by atoms with Gasteiger partial charge in [0.1, 0.15) is 11.8 Å². The van der Waals surface area contributed by atoms with E-state index in [0.717, 1.165) is 17.3 Å². The van der Waals surface area contributed by atoms with Gasteiger partial charge in [0.25, 0.3) is 4.87 Å². The van der Waals surface area contributed by atoms with Gasteiger partial charge in [0.2, 0.25) is 0 Å². The van der Waals surface area contributed by atoms with Crippen molar-refractivity contribution in [2.24, 2.45) is 4.99 Å². The molecule has 0 fully saturated rings. The summed E-state index contributed by atoms with van der Waals surface area (Å²) < 4.78 is 121. The van der Waals surface area contributed by atoms with E-state index in [4.69, 9.17) is 34.8 Å². The van der Waals surface area contributed by atoms with Crippen molar-refractivity contribution in [3.05, 3.63) is 39.0 Å². The molecule has 0 saturated heterocycles. The molecule has 186 valence electrons. The second kappa shape index (κ2) is 9.01. The van der Waals surface area contributed by atoms with E-state index < -0.39 is 61.8 Å². The lowest BCUT2D eigenvalue weighted by Gasteiger charge is -2.31. The van der Waals surface area contributed by atoms with Crippen LogP contribution < -0.4 is 0 Å². The lowest BCUT2D eigenvalue weighted by molar-refractivity contribution is -0.272. The Morgan fingerprint density at radius 1 is 1.00 bits per heavy atom. The predicted octanol–water partition coefficient (Wildman–Crippen LogP) is 6.85. The van der Waals surface area contributed by atoms with Crippen LogP contribution in [0.3, 0.4) is 0 Å². The second-order valence-corrected chi connectivity index (χ2v) is 8.10. The van der Waals surface area contributed by atoms with Crippen LogP contribution in [0.4, 0.5) is 45.3 Å². The molecule has 0 saturated carbocycles. The van der Waals surface area contributed by atoms with Crippen LogP contribution in [0, 0.1) is 11.3 Å². The van der Waals surface area contributed by atoms with Crippen LogP contribution in [0.5, 0.6) is 0 Å². The predicted molar refractivity (Wildman–Crippen MR) is 105 cm³/mol. The van der Waals surface area contributed by atoms with Crippen molar-refractivity contribution >= 4 is 47.0 Å². The van der Waals surface area contributed by atoms with Crippen LogP contribution in [0.25, 0.3) is 5.69 Å². The zero-order chi connectivity index (χ0) is 26.4. The van der Waals surface area contributed by atoms with Crippen molar-refractivity contribution in [1.82, 2.24) is 14.7 Å². The smallest absolute Gasteiger partial charge is 0.369 e. The van der Waals surface area contributed by atoms with Crippen LogP contribution in [0.1, 0.15) is 16.8 Å². The highest BCUT2D eigenvalue weighted by Gasteiger charge is 2.73. The van der Waals surface area contributed by atoms with E-state index in [1.54, 1.807) is 0 Å². The van der Waals surface area contributed by atoms with Gasteiger partial charge in [0.05, 0.1) is 27.5 Å². The largest absolute Gasteiger partial charge is 0.420 e. The minimum atomic E-state index is -6.22. The lowest BCUT2D eigenvalue weighted by Crippen LogP contribution is -2.49. The Kier molecular flexibility index (Phi) is 7.39. The number of alkyl halides is 10. The van der Waals surface area contributed by atoms with Crippen molar-refractivity contribution in [2.75, 3.05) is 14.1 Å². The summed E-state index contributed by atoms with van der Waals surface area (Å²) in [5.41, 5.74) is -5.52. The van der Waals surface area contributed by atoms with E-state index in [0.29, 0.717) is 12.1 Å². The summed E-state index contributed by atoms with van der Waals surface area (Å²) in [5.74, 6) is -1.29. The highest BCUT2D eigenvalue weighted by molar-refractivity contribution is 6.38. The lowest BCUT2D eigenvalue weighted by atomic mass is 9.96. The van der Waals surface area contributed by atoms with Gasteiger partial charge in [-0.2, -0.15) is 49.9 Å². The summed E-state index contributed by atoms with van der Waals surface area (Å²) in [4.78, 5) is -0.553. The fourth-order valence-electron chi connectivity index (χ4n) is 2.63. The third-order valence-corrected chi connectivity index (χ3v) is 5.25. The third kappa shape index (κ3) is 4.87. The molecule has 0 aliphatic heterocycles. The molecule has 17 heteroatoms. The average molecular weight is 561 g/mol. The van der Waals surface area contributed by atoms with Crippen LogP contribution in [-0.4, -0.2) is 47.5 Å². The highest BCUT2D eigenvalue weighted by Crippen LogP contribution is 2.58. The number of halogens is 12. The fourth-order valence-corrected chi connectivity index (χ4v) is 3.45. The summed E-state index contributed by atoms with van der Waals surface area (Å²) in [6.45, 7) is 0. The number of nitriles is 1. The Hall–Kier alpha value is -2.37. The van der Waals surface area contributed by atoms with E-state index in [1.165, 1.54) is 14.1 Å². The molecule has 5 nitrogen and oxygen atoms in total.